The molecule has 0 unspecified atom stereocenters. The van der Waals surface area contributed by atoms with Crippen molar-refractivity contribution in [2.45, 2.75) is 18.5 Å². The van der Waals surface area contributed by atoms with E-state index in [1.54, 1.807) is 18.2 Å². The van der Waals surface area contributed by atoms with Crippen molar-refractivity contribution in [3.05, 3.63) is 53.0 Å². The summed E-state index contributed by atoms with van der Waals surface area (Å²) in [5, 5.41) is 4.76. The van der Waals surface area contributed by atoms with Gasteiger partial charge in [0.15, 0.2) is 22.7 Å². The summed E-state index contributed by atoms with van der Waals surface area (Å²) in [4.78, 5) is 57.3. The van der Waals surface area contributed by atoms with Gasteiger partial charge in [0.2, 0.25) is 5.91 Å². The molecule has 0 saturated carbocycles. The van der Waals surface area contributed by atoms with Crippen LogP contribution in [0.5, 0.6) is 5.75 Å². The van der Waals surface area contributed by atoms with Crippen LogP contribution < -0.4 is 20.3 Å². The Hall–Kier alpha value is -4.48. The molecule has 11 nitrogen and oxygen atoms in total. The van der Waals surface area contributed by atoms with Crippen LogP contribution in [0, 0.1) is 5.82 Å². The number of rotatable bonds is 5. The number of furan rings is 1. The summed E-state index contributed by atoms with van der Waals surface area (Å²) in [5.41, 5.74) is -0.764. The van der Waals surface area contributed by atoms with Crippen molar-refractivity contribution >= 4 is 40.7 Å². The molecule has 2 fully saturated rings. The van der Waals surface area contributed by atoms with Gasteiger partial charge in [-0.05, 0) is 23.8 Å². The molecule has 178 valence electrons. The van der Waals surface area contributed by atoms with Crippen LogP contribution in [0.4, 0.5) is 15.0 Å². The molecule has 0 bridgehead atoms. The smallest absolute Gasteiger partial charge is 0.322 e. The number of hydrogen-bond acceptors (Lipinski definition) is 7. The fourth-order valence-corrected chi connectivity index (χ4v) is 4.65. The first-order valence-corrected chi connectivity index (χ1v) is 10.8. The number of nitrogens with zero attached hydrogens (tertiary/aromatic N) is 3. The van der Waals surface area contributed by atoms with E-state index in [9.17, 15) is 23.6 Å². The second kappa shape index (κ2) is 7.26. The number of fused-ring (bicyclic) bond motifs is 2. The van der Waals surface area contributed by atoms with Gasteiger partial charge in [-0.25, -0.2) is 14.2 Å². The van der Waals surface area contributed by atoms with Crippen molar-refractivity contribution in [1.29, 1.82) is 0 Å². The maximum Gasteiger partial charge on any atom is 0.322 e. The molecule has 0 aliphatic carbocycles. The van der Waals surface area contributed by atoms with Crippen LogP contribution in [0.15, 0.2) is 34.7 Å². The van der Waals surface area contributed by atoms with Gasteiger partial charge in [0.05, 0.1) is 19.2 Å². The number of carbonyl (C=O) groups excluding carboxylic acids is 4. The van der Waals surface area contributed by atoms with Crippen LogP contribution in [0.1, 0.15) is 28.1 Å². The van der Waals surface area contributed by atoms with Crippen LogP contribution in [0.2, 0.25) is 0 Å². The summed E-state index contributed by atoms with van der Waals surface area (Å²) in [6.07, 6.45) is 0.449. The van der Waals surface area contributed by atoms with E-state index in [2.05, 4.69) is 15.6 Å². The topological polar surface area (TPSA) is 134 Å². The zero-order valence-electron chi connectivity index (χ0n) is 18.4. The van der Waals surface area contributed by atoms with E-state index in [0.717, 1.165) is 0 Å². The molecule has 2 saturated heterocycles. The minimum atomic E-state index is -1.76. The SMILES string of the molecule is COc1ccc2c(c1F)C(=O)N(C[C@@]1(c3cc4nc(N5CCC5=O)ccc4o3)NC(=O)NC1=O)C2. The zero-order chi connectivity index (χ0) is 24.5. The monoisotopic (exact) mass is 479 g/mol. The predicted molar refractivity (Wildman–Crippen MR) is 117 cm³/mol. The molecule has 1 aromatic carbocycles. The molecule has 3 aliphatic rings. The first-order valence-electron chi connectivity index (χ1n) is 10.8. The minimum absolute atomic E-state index is 0.0275. The first kappa shape index (κ1) is 21.1. The van der Waals surface area contributed by atoms with Crippen LogP contribution in [0.3, 0.4) is 0 Å². The van der Waals surface area contributed by atoms with Crippen molar-refractivity contribution in [3.8, 4) is 5.75 Å². The second-order valence-corrected chi connectivity index (χ2v) is 8.55. The fourth-order valence-electron chi connectivity index (χ4n) is 4.65. The van der Waals surface area contributed by atoms with Crippen LogP contribution >= 0.6 is 0 Å². The third-order valence-corrected chi connectivity index (χ3v) is 6.55. The van der Waals surface area contributed by atoms with Crippen molar-refractivity contribution < 1.29 is 32.7 Å². The Kier molecular flexibility index (Phi) is 4.37. The number of β-lactam (4-membered cyclic amide) rings is 1. The maximum absolute atomic E-state index is 14.8. The van der Waals surface area contributed by atoms with E-state index in [4.69, 9.17) is 9.15 Å². The molecule has 5 heterocycles. The molecular weight excluding hydrogens is 461 g/mol. The number of benzene rings is 1. The van der Waals surface area contributed by atoms with E-state index in [-0.39, 0.29) is 36.1 Å². The standard InChI is InChI=1S/C23H18FN5O6/c1-34-14-3-2-11-9-28(20(31)18(11)19(14)24)10-23(21(32)26-22(33)27-23)15-8-12-13(35-15)4-5-16(25-12)29-7-6-17(29)30/h2-5,8H,6-7,9-10H2,1H3,(H2,26,27,32,33)/t23-/m0/s1. The quantitative estimate of drug-likeness (QED) is 0.417. The Balaban J connectivity index is 1.38. The minimum Gasteiger partial charge on any atom is -0.494 e. The number of halogens is 1. The number of urea groups is 1. The molecule has 1 atom stereocenters. The number of ether oxygens (including phenoxy) is 1. The molecule has 3 aromatic rings. The Labute approximate surface area is 196 Å². The Bertz CT molecular complexity index is 1470. The van der Waals surface area contributed by atoms with Crippen molar-refractivity contribution in [1.82, 2.24) is 20.5 Å². The average molecular weight is 479 g/mol. The lowest BCUT2D eigenvalue weighted by Crippen LogP contribution is -2.52. The van der Waals surface area contributed by atoms with Gasteiger partial charge in [-0.15, -0.1) is 0 Å². The predicted octanol–water partition coefficient (Wildman–Crippen LogP) is 1.40. The number of pyridine rings is 1. The van der Waals surface area contributed by atoms with Crippen molar-refractivity contribution in [3.63, 3.8) is 0 Å². The molecule has 3 aliphatic heterocycles. The Morgan fingerprint density at radius 3 is 2.69 bits per heavy atom. The molecule has 2 N–H and O–H groups in total. The van der Waals surface area contributed by atoms with Crippen LogP contribution in [0.25, 0.3) is 11.1 Å². The summed E-state index contributed by atoms with van der Waals surface area (Å²) in [6.45, 7) is 0.278. The summed E-state index contributed by atoms with van der Waals surface area (Å²) >= 11 is 0. The molecule has 5 amide bonds. The van der Waals surface area contributed by atoms with Gasteiger partial charge in [0.1, 0.15) is 17.1 Å². The van der Waals surface area contributed by atoms with E-state index in [0.29, 0.717) is 35.4 Å². The molecule has 12 heteroatoms. The maximum atomic E-state index is 14.8. The van der Waals surface area contributed by atoms with Crippen LogP contribution in [-0.4, -0.2) is 53.8 Å². The van der Waals surface area contributed by atoms with Crippen LogP contribution in [-0.2, 0) is 21.7 Å². The summed E-state index contributed by atoms with van der Waals surface area (Å²) in [5.74, 6) is -1.76. The lowest BCUT2D eigenvalue weighted by molar-refractivity contribution is -0.125. The highest BCUT2D eigenvalue weighted by atomic mass is 19.1. The Morgan fingerprint density at radius 1 is 1.20 bits per heavy atom. The number of anilines is 1. The summed E-state index contributed by atoms with van der Waals surface area (Å²) in [7, 11) is 1.30. The number of aromatic nitrogens is 1. The fraction of sp³-hybridized carbons (Fsp3) is 0.261. The third-order valence-electron chi connectivity index (χ3n) is 6.55. The zero-order valence-corrected chi connectivity index (χ0v) is 18.4. The lowest BCUT2D eigenvalue weighted by atomic mass is 9.95. The highest BCUT2D eigenvalue weighted by Crippen LogP contribution is 2.36. The van der Waals surface area contributed by atoms with Gasteiger partial charge in [-0.2, -0.15) is 0 Å². The van der Waals surface area contributed by atoms with E-state index in [1.165, 1.54) is 29.0 Å². The first-order chi connectivity index (χ1) is 16.8. The van der Waals surface area contributed by atoms with E-state index < -0.39 is 29.2 Å². The number of carbonyl (C=O) groups is 4. The molecular formula is C23H18FN5O6. The molecule has 35 heavy (non-hydrogen) atoms. The number of amides is 5. The molecule has 0 spiro atoms. The normalized spacial score (nSPS) is 21.3. The highest BCUT2D eigenvalue weighted by molar-refractivity contribution is 6.08. The van der Waals surface area contributed by atoms with Gasteiger partial charge in [-0.1, -0.05) is 6.07 Å². The number of hydrogen-bond donors (Lipinski definition) is 2. The van der Waals surface area contributed by atoms with E-state index in [1.807, 2.05) is 0 Å². The van der Waals surface area contributed by atoms with Gasteiger partial charge in [0.25, 0.3) is 11.8 Å². The Morgan fingerprint density at radius 2 is 2.03 bits per heavy atom. The third kappa shape index (κ3) is 2.99. The largest absolute Gasteiger partial charge is 0.494 e. The molecule has 6 rings (SSSR count). The number of methoxy groups -OCH3 is 1. The van der Waals surface area contributed by atoms with Crippen molar-refractivity contribution in [2.24, 2.45) is 0 Å². The second-order valence-electron chi connectivity index (χ2n) is 8.55. The number of nitrogens with one attached hydrogen (secondary N) is 2. The van der Waals surface area contributed by atoms with Gasteiger partial charge >= 0.3 is 6.03 Å². The van der Waals surface area contributed by atoms with Gasteiger partial charge in [0, 0.05) is 25.6 Å². The molecule has 0 radical (unpaired) electrons. The number of imide groups is 1. The lowest BCUT2D eigenvalue weighted by Gasteiger charge is -2.29. The highest BCUT2D eigenvalue weighted by Gasteiger charge is 2.53. The summed E-state index contributed by atoms with van der Waals surface area (Å²) in [6, 6.07) is 6.99. The van der Waals surface area contributed by atoms with Crippen molar-refractivity contribution in [2.75, 3.05) is 25.1 Å². The average Bonchev–Trinajstić information content (AvgIpc) is 3.47. The van der Waals surface area contributed by atoms with Gasteiger partial charge < -0.3 is 19.4 Å². The van der Waals surface area contributed by atoms with Gasteiger partial charge in [-0.3, -0.25) is 24.6 Å². The summed E-state index contributed by atoms with van der Waals surface area (Å²) < 4.78 is 25.7. The van der Waals surface area contributed by atoms with E-state index >= 15 is 0 Å². The molecule has 2 aromatic heterocycles.